The van der Waals surface area contributed by atoms with Crippen molar-refractivity contribution in [1.82, 2.24) is 9.78 Å². The summed E-state index contributed by atoms with van der Waals surface area (Å²) in [6, 6.07) is 0. The molecule has 0 N–H and O–H groups in total. The van der Waals surface area contributed by atoms with Crippen molar-refractivity contribution in [1.29, 1.82) is 0 Å². The van der Waals surface area contributed by atoms with Gasteiger partial charge in [0.05, 0.1) is 9.77 Å². The molecule has 0 amide bonds. The number of halogens is 1. The zero-order valence-electron chi connectivity index (χ0n) is 7.13. The molecule has 0 saturated carbocycles. The fraction of sp³-hybridized carbons (Fsp3) is 0.625. The first kappa shape index (κ1) is 9.03. The largest absolute Gasteiger partial charge is 0.269 e. The maximum absolute atomic E-state index is 4.26. The molecule has 11 heavy (non-hydrogen) atoms. The fourth-order valence-corrected chi connectivity index (χ4v) is 1.36. The first-order valence-electron chi connectivity index (χ1n) is 3.79. The Kier molecular flexibility index (Phi) is 2.92. The molecule has 0 saturated heterocycles. The van der Waals surface area contributed by atoms with Crippen molar-refractivity contribution in [2.24, 2.45) is 5.92 Å². The summed E-state index contributed by atoms with van der Waals surface area (Å²) in [7, 11) is 0. The summed E-state index contributed by atoms with van der Waals surface area (Å²) in [4.78, 5) is 0. The maximum Gasteiger partial charge on any atom is 0.0626 e. The van der Waals surface area contributed by atoms with Gasteiger partial charge >= 0.3 is 0 Å². The van der Waals surface area contributed by atoms with Crippen LogP contribution in [0.4, 0.5) is 0 Å². The highest BCUT2D eigenvalue weighted by atomic mass is 127. The van der Waals surface area contributed by atoms with Crippen molar-refractivity contribution < 1.29 is 0 Å². The molecule has 0 spiro atoms. The summed E-state index contributed by atoms with van der Waals surface area (Å²) >= 11 is 2.31. The Balaban J connectivity index is 2.79. The van der Waals surface area contributed by atoms with E-state index in [0.29, 0.717) is 5.92 Å². The molecule has 3 heteroatoms. The van der Waals surface area contributed by atoms with Crippen LogP contribution in [0.3, 0.4) is 0 Å². The third-order valence-corrected chi connectivity index (χ3v) is 2.64. The van der Waals surface area contributed by atoms with E-state index in [1.54, 1.807) is 0 Å². The van der Waals surface area contributed by atoms with E-state index < -0.39 is 0 Å². The number of nitrogens with zero attached hydrogens (tertiary/aromatic N) is 2. The van der Waals surface area contributed by atoms with Crippen LogP contribution >= 0.6 is 22.6 Å². The zero-order chi connectivity index (χ0) is 8.43. The summed E-state index contributed by atoms with van der Waals surface area (Å²) < 4.78 is 3.31. The molecule has 0 aliphatic heterocycles. The molecule has 0 atom stereocenters. The van der Waals surface area contributed by atoms with Gasteiger partial charge in [-0.15, -0.1) is 0 Å². The van der Waals surface area contributed by atoms with Crippen molar-refractivity contribution in [2.75, 3.05) is 0 Å². The SMILES string of the molecule is Cc1c(I)cnn1CC(C)C. The molecule has 0 fully saturated rings. The van der Waals surface area contributed by atoms with E-state index in [9.17, 15) is 0 Å². The molecular formula is C8H13IN2. The second-order valence-electron chi connectivity index (χ2n) is 3.15. The van der Waals surface area contributed by atoms with Gasteiger partial charge in [0.2, 0.25) is 0 Å². The van der Waals surface area contributed by atoms with Gasteiger partial charge < -0.3 is 0 Å². The maximum atomic E-state index is 4.26. The van der Waals surface area contributed by atoms with Gasteiger partial charge in [0.25, 0.3) is 0 Å². The van der Waals surface area contributed by atoms with E-state index in [-0.39, 0.29) is 0 Å². The average Bonchev–Trinajstić information content (AvgIpc) is 2.18. The first-order chi connectivity index (χ1) is 5.11. The van der Waals surface area contributed by atoms with E-state index in [2.05, 4.69) is 53.1 Å². The Morgan fingerprint density at radius 3 is 2.64 bits per heavy atom. The van der Waals surface area contributed by atoms with Crippen molar-refractivity contribution in [3.63, 3.8) is 0 Å². The Morgan fingerprint density at radius 2 is 2.27 bits per heavy atom. The number of rotatable bonds is 2. The van der Waals surface area contributed by atoms with Gasteiger partial charge in [-0.2, -0.15) is 5.10 Å². The van der Waals surface area contributed by atoms with Gasteiger partial charge in [0, 0.05) is 12.2 Å². The lowest BCUT2D eigenvalue weighted by atomic mass is 10.2. The molecule has 0 aliphatic carbocycles. The van der Waals surface area contributed by atoms with Gasteiger partial charge in [-0.05, 0) is 35.4 Å². The average molecular weight is 264 g/mol. The molecule has 0 aromatic carbocycles. The van der Waals surface area contributed by atoms with Crippen LogP contribution in [0.1, 0.15) is 19.5 Å². The third-order valence-electron chi connectivity index (χ3n) is 1.58. The molecule has 0 bridgehead atoms. The summed E-state index contributed by atoms with van der Waals surface area (Å²) in [5.41, 5.74) is 1.28. The van der Waals surface area contributed by atoms with Gasteiger partial charge in [-0.25, -0.2) is 0 Å². The Bertz CT molecular complexity index is 240. The van der Waals surface area contributed by atoms with Crippen LogP contribution in [0, 0.1) is 16.4 Å². The highest BCUT2D eigenvalue weighted by molar-refractivity contribution is 14.1. The Hall–Kier alpha value is -0.0600. The van der Waals surface area contributed by atoms with Crippen molar-refractivity contribution in [2.45, 2.75) is 27.3 Å². The van der Waals surface area contributed by atoms with E-state index in [4.69, 9.17) is 0 Å². The van der Waals surface area contributed by atoms with Gasteiger partial charge in [0.1, 0.15) is 0 Å². The second kappa shape index (κ2) is 3.56. The lowest BCUT2D eigenvalue weighted by molar-refractivity contribution is 0.474. The topological polar surface area (TPSA) is 17.8 Å². The van der Waals surface area contributed by atoms with E-state index >= 15 is 0 Å². The molecular weight excluding hydrogens is 251 g/mol. The van der Waals surface area contributed by atoms with Crippen LogP contribution in [0.5, 0.6) is 0 Å². The highest BCUT2D eigenvalue weighted by Gasteiger charge is 2.03. The van der Waals surface area contributed by atoms with E-state index in [1.807, 2.05) is 6.20 Å². The van der Waals surface area contributed by atoms with Crippen molar-refractivity contribution >= 4 is 22.6 Å². The van der Waals surface area contributed by atoms with Crippen molar-refractivity contribution in [3.8, 4) is 0 Å². The number of hydrogen-bond donors (Lipinski definition) is 0. The Morgan fingerprint density at radius 1 is 1.64 bits per heavy atom. The van der Waals surface area contributed by atoms with Gasteiger partial charge in [-0.1, -0.05) is 13.8 Å². The summed E-state index contributed by atoms with van der Waals surface area (Å²) in [5.74, 6) is 0.671. The molecule has 1 heterocycles. The summed E-state index contributed by atoms with van der Waals surface area (Å²) in [6.07, 6.45) is 1.91. The molecule has 0 unspecified atom stereocenters. The minimum absolute atomic E-state index is 0.671. The zero-order valence-corrected chi connectivity index (χ0v) is 9.29. The van der Waals surface area contributed by atoms with Crippen LogP contribution < -0.4 is 0 Å². The lowest BCUT2D eigenvalue weighted by Gasteiger charge is -2.06. The monoisotopic (exact) mass is 264 g/mol. The second-order valence-corrected chi connectivity index (χ2v) is 4.32. The number of aromatic nitrogens is 2. The molecule has 2 nitrogen and oxygen atoms in total. The highest BCUT2D eigenvalue weighted by Crippen LogP contribution is 2.11. The smallest absolute Gasteiger partial charge is 0.0626 e. The molecule has 1 aromatic rings. The molecule has 1 rings (SSSR count). The minimum atomic E-state index is 0.671. The fourth-order valence-electron chi connectivity index (χ4n) is 0.954. The minimum Gasteiger partial charge on any atom is -0.269 e. The van der Waals surface area contributed by atoms with Gasteiger partial charge in [-0.3, -0.25) is 4.68 Å². The lowest BCUT2D eigenvalue weighted by Crippen LogP contribution is -2.07. The normalized spacial score (nSPS) is 11.0. The molecule has 0 radical (unpaired) electrons. The summed E-state index contributed by atoms with van der Waals surface area (Å²) in [5, 5.41) is 4.26. The van der Waals surface area contributed by atoms with Gasteiger partial charge in [0.15, 0.2) is 0 Å². The van der Waals surface area contributed by atoms with Crippen LogP contribution in [0.2, 0.25) is 0 Å². The molecule has 1 aromatic heterocycles. The third kappa shape index (κ3) is 2.18. The van der Waals surface area contributed by atoms with Crippen LogP contribution in [-0.4, -0.2) is 9.78 Å². The van der Waals surface area contributed by atoms with E-state index in [0.717, 1.165) is 6.54 Å². The van der Waals surface area contributed by atoms with Crippen LogP contribution in [0.15, 0.2) is 6.20 Å². The predicted molar refractivity (Wildman–Crippen MR) is 54.5 cm³/mol. The van der Waals surface area contributed by atoms with Crippen molar-refractivity contribution in [3.05, 3.63) is 15.5 Å². The standard InChI is InChI=1S/C8H13IN2/c1-6(2)5-11-7(3)8(9)4-10-11/h4,6H,5H2,1-3H3. The number of hydrogen-bond acceptors (Lipinski definition) is 1. The van der Waals surface area contributed by atoms with Crippen LogP contribution in [-0.2, 0) is 6.54 Å². The first-order valence-corrected chi connectivity index (χ1v) is 4.87. The predicted octanol–water partition coefficient (Wildman–Crippen LogP) is 2.45. The molecule has 0 aliphatic rings. The molecule has 62 valence electrons. The quantitative estimate of drug-likeness (QED) is 0.750. The Labute approximate surface area is 81.1 Å². The van der Waals surface area contributed by atoms with Crippen LogP contribution in [0.25, 0.3) is 0 Å². The van der Waals surface area contributed by atoms with E-state index in [1.165, 1.54) is 9.26 Å². The summed E-state index contributed by atoms with van der Waals surface area (Å²) in [6.45, 7) is 7.54.